The van der Waals surface area contributed by atoms with E-state index in [0.717, 1.165) is 30.4 Å². The van der Waals surface area contributed by atoms with Gasteiger partial charge in [-0.1, -0.05) is 29.8 Å². The fourth-order valence-electron chi connectivity index (χ4n) is 1.74. The minimum Gasteiger partial charge on any atom is -0.398 e. The van der Waals surface area contributed by atoms with E-state index in [2.05, 4.69) is 29.8 Å². The second-order valence-electron chi connectivity index (χ2n) is 4.02. The molecule has 0 spiro atoms. The summed E-state index contributed by atoms with van der Waals surface area (Å²) in [6.07, 6.45) is 1.92. The van der Waals surface area contributed by atoms with Crippen LogP contribution in [0.15, 0.2) is 22.7 Å². The lowest BCUT2D eigenvalue weighted by atomic mass is 10.1. The van der Waals surface area contributed by atoms with Crippen LogP contribution in [0.5, 0.6) is 0 Å². The summed E-state index contributed by atoms with van der Waals surface area (Å²) in [6, 6.07) is 5.39. The highest BCUT2D eigenvalue weighted by molar-refractivity contribution is 9.10. The number of halogens is 1. The van der Waals surface area contributed by atoms with Gasteiger partial charge in [-0.25, -0.2) is 0 Å². The molecular formula is C13H19BrN2O. The van der Waals surface area contributed by atoms with Crippen LogP contribution in [0.3, 0.4) is 0 Å². The van der Waals surface area contributed by atoms with E-state index in [-0.39, 0.29) is 5.91 Å². The molecule has 0 aliphatic rings. The molecule has 0 unspecified atom stereocenters. The summed E-state index contributed by atoms with van der Waals surface area (Å²) in [5.74, 6) is 0.0208. The summed E-state index contributed by atoms with van der Waals surface area (Å²) in [6.45, 7) is 5.69. The summed E-state index contributed by atoms with van der Waals surface area (Å²) in [5, 5.41) is 0. The van der Waals surface area contributed by atoms with Crippen LogP contribution in [-0.2, 0) is 0 Å². The normalized spacial score (nSPS) is 10.3. The van der Waals surface area contributed by atoms with Crippen LogP contribution in [0.2, 0.25) is 0 Å². The molecule has 0 fully saturated rings. The Labute approximate surface area is 111 Å². The molecule has 1 rings (SSSR count). The molecular weight excluding hydrogens is 280 g/mol. The molecule has 0 saturated heterocycles. The zero-order valence-electron chi connectivity index (χ0n) is 10.4. The maximum Gasteiger partial charge on any atom is 0.255 e. The van der Waals surface area contributed by atoms with Crippen molar-refractivity contribution in [3.63, 3.8) is 0 Å². The van der Waals surface area contributed by atoms with Crippen molar-refractivity contribution in [2.75, 3.05) is 18.8 Å². The third kappa shape index (κ3) is 3.73. The number of nitrogens with two attached hydrogens (primary N) is 1. The predicted octanol–water partition coefficient (Wildman–Crippen LogP) is 3.29. The third-order valence-corrected chi connectivity index (χ3v) is 3.01. The molecule has 0 aromatic heterocycles. The smallest absolute Gasteiger partial charge is 0.255 e. The van der Waals surface area contributed by atoms with E-state index in [4.69, 9.17) is 5.73 Å². The lowest BCUT2D eigenvalue weighted by molar-refractivity contribution is 0.0756. The SMILES string of the molecule is CCCN(CCC)C(=O)c1cc(Br)ccc1N. The summed E-state index contributed by atoms with van der Waals surface area (Å²) >= 11 is 3.37. The number of hydrogen-bond acceptors (Lipinski definition) is 2. The van der Waals surface area contributed by atoms with Crippen molar-refractivity contribution >= 4 is 27.5 Å². The highest BCUT2D eigenvalue weighted by atomic mass is 79.9. The first kappa shape index (κ1) is 14.0. The standard InChI is InChI=1S/C13H19BrN2O/c1-3-7-16(8-4-2)13(17)11-9-10(14)5-6-12(11)15/h5-6,9H,3-4,7-8,15H2,1-2H3. The first-order valence-electron chi connectivity index (χ1n) is 5.94. The number of nitrogens with zero attached hydrogens (tertiary/aromatic N) is 1. The van der Waals surface area contributed by atoms with E-state index in [0.29, 0.717) is 11.3 Å². The summed E-state index contributed by atoms with van der Waals surface area (Å²) < 4.78 is 0.878. The van der Waals surface area contributed by atoms with Gasteiger partial charge in [-0.15, -0.1) is 0 Å². The molecule has 0 bridgehead atoms. The van der Waals surface area contributed by atoms with E-state index < -0.39 is 0 Å². The van der Waals surface area contributed by atoms with Gasteiger partial charge in [0.2, 0.25) is 0 Å². The maximum atomic E-state index is 12.3. The van der Waals surface area contributed by atoms with Gasteiger partial charge in [0.25, 0.3) is 5.91 Å². The Bertz CT molecular complexity index is 387. The number of benzene rings is 1. The molecule has 1 aromatic rings. The predicted molar refractivity (Wildman–Crippen MR) is 75.0 cm³/mol. The number of hydrogen-bond donors (Lipinski definition) is 1. The summed E-state index contributed by atoms with van der Waals surface area (Å²) in [5.41, 5.74) is 6.97. The fraction of sp³-hybridized carbons (Fsp3) is 0.462. The summed E-state index contributed by atoms with van der Waals surface area (Å²) in [4.78, 5) is 14.2. The second kappa shape index (κ2) is 6.64. The van der Waals surface area contributed by atoms with E-state index >= 15 is 0 Å². The van der Waals surface area contributed by atoms with Crippen LogP contribution in [-0.4, -0.2) is 23.9 Å². The molecule has 0 saturated carbocycles. The van der Waals surface area contributed by atoms with Crippen molar-refractivity contribution in [1.29, 1.82) is 0 Å². The maximum absolute atomic E-state index is 12.3. The molecule has 94 valence electrons. The van der Waals surface area contributed by atoms with Gasteiger partial charge >= 0.3 is 0 Å². The molecule has 0 heterocycles. The first-order valence-corrected chi connectivity index (χ1v) is 6.73. The Balaban J connectivity index is 2.95. The number of nitrogen functional groups attached to an aromatic ring is 1. The Morgan fingerprint density at radius 3 is 2.41 bits per heavy atom. The monoisotopic (exact) mass is 298 g/mol. The van der Waals surface area contributed by atoms with Gasteiger partial charge in [0.1, 0.15) is 0 Å². The number of rotatable bonds is 5. The molecule has 1 aromatic carbocycles. The Hall–Kier alpha value is -1.03. The zero-order chi connectivity index (χ0) is 12.8. The van der Waals surface area contributed by atoms with Gasteiger partial charge in [0.05, 0.1) is 5.56 Å². The van der Waals surface area contributed by atoms with Crippen LogP contribution >= 0.6 is 15.9 Å². The van der Waals surface area contributed by atoms with Gasteiger partial charge < -0.3 is 10.6 Å². The molecule has 1 amide bonds. The average Bonchev–Trinajstić information content (AvgIpc) is 2.31. The Kier molecular flexibility index (Phi) is 5.48. The van der Waals surface area contributed by atoms with Gasteiger partial charge in [-0.05, 0) is 31.0 Å². The molecule has 0 atom stereocenters. The van der Waals surface area contributed by atoms with Crippen molar-refractivity contribution < 1.29 is 4.79 Å². The third-order valence-electron chi connectivity index (χ3n) is 2.52. The Morgan fingerprint density at radius 2 is 1.88 bits per heavy atom. The quantitative estimate of drug-likeness (QED) is 0.848. The van der Waals surface area contributed by atoms with E-state index in [1.165, 1.54) is 0 Å². The van der Waals surface area contributed by atoms with Crippen LogP contribution in [0.1, 0.15) is 37.0 Å². The van der Waals surface area contributed by atoms with E-state index in [1.807, 2.05) is 11.0 Å². The topological polar surface area (TPSA) is 46.3 Å². The van der Waals surface area contributed by atoms with Crippen molar-refractivity contribution in [2.45, 2.75) is 26.7 Å². The van der Waals surface area contributed by atoms with Gasteiger partial charge in [0, 0.05) is 23.2 Å². The van der Waals surface area contributed by atoms with Crippen LogP contribution < -0.4 is 5.73 Å². The number of carbonyl (C=O) groups is 1. The average molecular weight is 299 g/mol. The Morgan fingerprint density at radius 1 is 1.29 bits per heavy atom. The molecule has 2 N–H and O–H groups in total. The molecule has 0 aliphatic heterocycles. The van der Waals surface area contributed by atoms with E-state index in [1.54, 1.807) is 12.1 Å². The van der Waals surface area contributed by atoms with Crippen molar-refractivity contribution in [1.82, 2.24) is 4.90 Å². The zero-order valence-corrected chi connectivity index (χ0v) is 12.0. The molecule has 0 aliphatic carbocycles. The van der Waals surface area contributed by atoms with Crippen molar-refractivity contribution in [3.05, 3.63) is 28.2 Å². The lowest BCUT2D eigenvalue weighted by Crippen LogP contribution is -2.33. The van der Waals surface area contributed by atoms with E-state index in [9.17, 15) is 4.79 Å². The molecule has 4 heteroatoms. The van der Waals surface area contributed by atoms with Gasteiger partial charge in [0.15, 0.2) is 0 Å². The van der Waals surface area contributed by atoms with Crippen LogP contribution in [0.4, 0.5) is 5.69 Å². The van der Waals surface area contributed by atoms with Gasteiger partial charge in [-0.3, -0.25) is 4.79 Å². The second-order valence-corrected chi connectivity index (χ2v) is 4.94. The van der Waals surface area contributed by atoms with Crippen LogP contribution in [0.25, 0.3) is 0 Å². The lowest BCUT2D eigenvalue weighted by Gasteiger charge is -2.22. The molecule has 3 nitrogen and oxygen atoms in total. The number of anilines is 1. The number of amides is 1. The largest absolute Gasteiger partial charge is 0.398 e. The van der Waals surface area contributed by atoms with Crippen molar-refractivity contribution in [3.8, 4) is 0 Å². The minimum atomic E-state index is 0.0208. The number of carbonyl (C=O) groups excluding carboxylic acids is 1. The molecule has 0 radical (unpaired) electrons. The molecule has 17 heavy (non-hydrogen) atoms. The highest BCUT2D eigenvalue weighted by Crippen LogP contribution is 2.20. The first-order chi connectivity index (χ1) is 8.10. The van der Waals surface area contributed by atoms with Crippen LogP contribution in [0, 0.1) is 0 Å². The van der Waals surface area contributed by atoms with Gasteiger partial charge in [-0.2, -0.15) is 0 Å². The summed E-state index contributed by atoms with van der Waals surface area (Å²) in [7, 11) is 0. The highest BCUT2D eigenvalue weighted by Gasteiger charge is 2.16. The fourth-order valence-corrected chi connectivity index (χ4v) is 2.10. The minimum absolute atomic E-state index is 0.0208. The van der Waals surface area contributed by atoms with Crippen molar-refractivity contribution in [2.24, 2.45) is 0 Å².